The van der Waals surface area contributed by atoms with E-state index < -0.39 is 0 Å². The molecule has 0 N–H and O–H groups in total. The van der Waals surface area contributed by atoms with Gasteiger partial charge in [-0.15, -0.1) is 0 Å². The molecule has 0 saturated heterocycles. The van der Waals surface area contributed by atoms with Crippen LogP contribution in [0.5, 0.6) is 5.75 Å². The van der Waals surface area contributed by atoms with Crippen molar-refractivity contribution in [1.82, 2.24) is 0 Å². The number of hydrogen-bond acceptors (Lipinski definition) is 2. The highest BCUT2D eigenvalue weighted by molar-refractivity contribution is 6.30. The molecule has 0 aliphatic carbocycles. The monoisotopic (exact) mass is 254 g/mol. The molecule has 17 heavy (non-hydrogen) atoms. The minimum Gasteiger partial charge on any atom is -0.486 e. The first kappa shape index (κ1) is 14.0. The number of Topliss-reactive ketones (excluding diaryl/α,β-unsaturated/α-hetero) is 1. The standard InChI is InChI=1S/C14H19ClO2/c1-3-4-11(2)9-13(16)10-17-14-7-5-12(15)6-8-14/h5-8,11H,3-4,9-10H2,1-2H3. The van der Waals surface area contributed by atoms with Crippen molar-refractivity contribution < 1.29 is 9.53 Å². The smallest absolute Gasteiger partial charge is 0.170 e. The molecule has 1 aromatic rings. The lowest BCUT2D eigenvalue weighted by atomic mass is 10.00. The SMILES string of the molecule is CCCC(C)CC(=O)COc1ccc(Cl)cc1. The van der Waals surface area contributed by atoms with Gasteiger partial charge in [-0.05, 0) is 30.2 Å². The molecule has 0 aliphatic heterocycles. The predicted molar refractivity (Wildman–Crippen MR) is 70.6 cm³/mol. The van der Waals surface area contributed by atoms with Crippen LogP contribution in [0.15, 0.2) is 24.3 Å². The summed E-state index contributed by atoms with van der Waals surface area (Å²) in [6, 6.07) is 7.04. The molecule has 0 radical (unpaired) electrons. The Labute approximate surface area is 108 Å². The first-order valence-corrected chi connectivity index (χ1v) is 6.39. The number of ketones is 1. The molecule has 2 nitrogen and oxygen atoms in total. The fraction of sp³-hybridized carbons (Fsp3) is 0.500. The number of ether oxygens (including phenoxy) is 1. The van der Waals surface area contributed by atoms with Gasteiger partial charge in [-0.3, -0.25) is 4.79 Å². The normalized spacial score (nSPS) is 12.2. The van der Waals surface area contributed by atoms with Crippen LogP contribution in [-0.2, 0) is 4.79 Å². The third kappa shape index (κ3) is 5.73. The second-order valence-electron chi connectivity index (χ2n) is 4.38. The lowest BCUT2D eigenvalue weighted by Crippen LogP contribution is -2.14. The van der Waals surface area contributed by atoms with E-state index in [0.717, 1.165) is 12.8 Å². The maximum absolute atomic E-state index is 11.6. The van der Waals surface area contributed by atoms with Crippen molar-refractivity contribution in [2.75, 3.05) is 6.61 Å². The number of hydrogen-bond donors (Lipinski definition) is 0. The number of carbonyl (C=O) groups is 1. The second-order valence-corrected chi connectivity index (χ2v) is 4.82. The molecule has 1 atom stereocenters. The predicted octanol–water partition coefficient (Wildman–Crippen LogP) is 4.11. The van der Waals surface area contributed by atoms with Crippen LogP contribution in [0.4, 0.5) is 0 Å². The van der Waals surface area contributed by atoms with E-state index in [2.05, 4.69) is 13.8 Å². The third-order valence-corrected chi connectivity index (χ3v) is 2.82. The molecule has 0 fully saturated rings. The second kappa shape index (κ2) is 7.33. The van der Waals surface area contributed by atoms with Gasteiger partial charge in [-0.25, -0.2) is 0 Å². The van der Waals surface area contributed by atoms with Crippen LogP contribution >= 0.6 is 11.6 Å². The Balaban J connectivity index is 2.30. The largest absolute Gasteiger partial charge is 0.486 e. The van der Waals surface area contributed by atoms with E-state index in [1.54, 1.807) is 24.3 Å². The van der Waals surface area contributed by atoms with Gasteiger partial charge in [0.05, 0.1) is 0 Å². The zero-order valence-electron chi connectivity index (χ0n) is 10.4. The van der Waals surface area contributed by atoms with E-state index in [9.17, 15) is 4.79 Å². The molecular weight excluding hydrogens is 236 g/mol. The lowest BCUT2D eigenvalue weighted by molar-refractivity contribution is -0.121. The van der Waals surface area contributed by atoms with Crippen LogP contribution in [-0.4, -0.2) is 12.4 Å². The summed E-state index contributed by atoms with van der Waals surface area (Å²) in [4.78, 5) is 11.6. The van der Waals surface area contributed by atoms with E-state index in [4.69, 9.17) is 16.3 Å². The van der Waals surface area contributed by atoms with Gasteiger partial charge in [-0.2, -0.15) is 0 Å². The summed E-state index contributed by atoms with van der Waals surface area (Å²) in [6.45, 7) is 4.38. The summed E-state index contributed by atoms with van der Waals surface area (Å²) in [5.41, 5.74) is 0. The number of halogens is 1. The Bertz CT molecular complexity index is 346. The van der Waals surface area contributed by atoms with E-state index in [0.29, 0.717) is 23.1 Å². The van der Waals surface area contributed by atoms with Crippen LogP contribution < -0.4 is 4.74 Å². The van der Waals surface area contributed by atoms with Crippen LogP contribution in [0.25, 0.3) is 0 Å². The maximum atomic E-state index is 11.6. The molecule has 0 aliphatic rings. The minimum atomic E-state index is 0.148. The summed E-state index contributed by atoms with van der Waals surface area (Å²) in [5, 5.41) is 0.667. The average molecular weight is 255 g/mol. The molecule has 0 spiro atoms. The first-order chi connectivity index (χ1) is 8.11. The van der Waals surface area contributed by atoms with Crippen molar-refractivity contribution in [3.63, 3.8) is 0 Å². The number of benzene rings is 1. The Hall–Kier alpha value is -1.02. The molecular formula is C14H19ClO2. The zero-order valence-corrected chi connectivity index (χ0v) is 11.2. The van der Waals surface area contributed by atoms with Gasteiger partial charge in [0, 0.05) is 11.4 Å². The number of carbonyl (C=O) groups excluding carboxylic acids is 1. The van der Waals surface area contributed by atoms with Gasteiger partial charge < -0.3 is 4.74 Å². The molecule has 0 aromatic heterocycles. The van der Waals surface area contributed by atoms with Crippen LogP contribution in [0.1, 0.15) is 33.1 Å². The Kier molecular flexibility index (Phi) is 6.06. The Morgan fingerprint density at radius 1 is 1.35 bits per heavy atom. The van der Waals surface area contributed by atoms with E-state index >= 15 is 0 Å². The van der Waals surface area contributed by atoms with Crippen LogP contribution in [0.2, 0.25) is 5.02 Å². The molecule has 0 heterocycles. The van der Waals surface area contributed by atoms with E-state index in [1.165, 1.54) is 0 Å². The van der Waals surface area contributed by atoms with Crippen LogP contribution in [0.3, 0.4) is 0 Å². The first-order valence-electron chi connectivity index (χ1n) is 6.02. The van der Waals surface area contributed by atoms with E-state index in [-0.39, 0.29) is 12.4 Å². The Morgan fingerprint density at radius 2 is 2.00 bits per heavy atom. The average Bonchev–Trinajstić information content (AvgIpc) is 2.28. The number of rotatable bonds is 7. The molecule has 1 unspecified atom stereocenters. The van der Waals surface area contributed by atoms with Gasteiger partial charge in [-0.1, -0.05) is 38.3 Å². The Morgan fingerprint density at radius 3 is 2.59 bits per heavy atom. The molecule has 94 valence electrons. The molecule has 0 bridgehead atoms. The van der Waals surface area contributed by atoms with Crippen molar-refractivity contribution in [3.05, 3.63) is 29.3 Å². The fourth-order valence-corrected chi connectivity index (χ4v) is 1.86. The van der Waals surface area contributed by atoms with Crippen molar-refractivity contribution in [2.24, 2.45) is 5.92 Å². The van der Waals surface area contributed by atoms with Gasteiger partial charge in [0.1, 0.15) is 12.4 Å². The fourth-order valence-electron chi connectivity index (χ4n) is 1.74. The molecule has 1 rings (SSSR count). The highest BCUT2D eigenvalue weighted by atomic mass is 35.5. The zero-order chi connectivity index (χ0) is 12.7. The summed E-state index contributed by atoms with van der Waals surface area (Å²) >= 11 is 5.76. The third-order valence-electron chi connectivity index (χ3n) is 2.57. The topological polar surface area (TPSA) is 26.3 Å². The van der Waals surface area contributed by atoms with Crippen molar-refractivity contribution in [1.29, 1.82) is 0 Å². The molecule has 1 aromatic carbocycles. The van der Waals surface area contributed by atoms with Crippen molar-refractivity contribution >= 4 is 17.4 Å². The van der Waals surface area contributed by atoms with Crippen LogP contribution in [0, 0.1) is 5.92 Å². The van der Waals surface area contributed by atoms with Gasteiger partial charge in [0.15, 0.2) is 5.78 Å². The highest BCUT2D eigenvalue weighted by Crippen LogP contribution is 2.16. The van der Waals surface area contributed by atoms with Crippen molar-refractivity contribution in [2.45, 2.75) is 33.1 Å². The minimum absolute atomic E-state index is 0.148. The summed E-state index contributed by atoms with van der Waals surface area (Å²) in [7, 11) is 0. The quantitative estimate of drug-likeness (QED) is 0.732. The van der Waals surface area contributed by atoms with Gasteiger partial charge >= 0.3 is 0 Å². The molecule has 0 saturated carbocycles. The maximum Gasteiger partial charge on any atom is 0.170 e. The van der Waals surface area contributed by atoms with Gasteiger partial charge in [0.25, 0.3) is 0 Å². The van der Waals surface area contributed by atoms with Gasteiger partial charge in [0.2, 0.25) is 0 Å². The summed E-state index contributed by atoms with van der Waals surface area (Å²) in [6.07, 6.45) is 2.81. The summed E-state index contributed by atoms with van der Waals surface area (Å²) in [5.74, 6) is 1.29. The molecule has 0 amide bonds. The lowest BCUT2D eigenvalue weighted by Gasteiger charge is -2.09. The summed E-state index contributed by atoms with van der Waals surface area (Å²) < 4.78 is 5.39. The van der Waals surface area contributed by atoms with Crippen molar-refractivity contribution in [3.8, 4) is 5.75 Å². The van der Waals surface area contributed by atoms with E-state index in [1.807, 2.05) is 0 Å². The highest BCUT2D eigenvalue weighted by Gasteiger charge is 2.09. The molecule has 3 heteroatoms.